The van der Waals surface area contributed by atoms with Crippen molar-refractivity contribution in [3.63, 3.8) is 0 Å². The zero-order chi connectivity index (χ0) is 22.7. The van der Waals surface area contributed by atoms with Gasteiger partial charge in [0.25, 0.3) is 5.91 Å². The third kappa shape index (κ3) is 4.04. The lowest BCUT2D eigenvalue weighted by atomic mass is 9.92. The molecule has 4 heterocycles. The van der Waals surface area contributed by atoms with Crippen molar-refractivity contribution in [1.29, 1.82) is 0 Å². The molecule has 31 heavy (non-hydrogen) atoms. The normalized spacial score (nSPS) is 24.3. The molecule has 2 aliphatic heterocycles. The summed E-state index contributed by atoms with van der Waals surface area (Å²) >= 11 is 0. The Hall–Kier alpha value is -2.52. The second kappa shape index (κ2) is 7.27. The summed E-state index contributed by atoms with van der Waals surface area (Å²) in [7, 11) is 1.75. The molecular weight excluding hydrogens is 409 g/mol. The summed E-state index contributed by atoms with van der Waals surface area (Å²) in [5.41, 5.74) is 1.79. The largest absolute Gasteiger partial charge is 0.410 e. The molecule has 2 aromatic heterocycles. The van der Waals surface area contributed by atoms with Crippen molar-refractivity contribution >= 4 is 11.7 Å². The fraction of sp³-hybridized carbons (Fsp3) is 0.667. The molecule has 0 spiro atoms. The van der Waals surface area contributed by atoms with Crippen LogP contribution in [0.4, 0.5) is 19.0 Å². The molecule has 170 valence electrons. The molecule has 1 N–H and O–H groups in total. The van der Waals surface area contributed by atoms with Gasteiger partial charge in [-0.2, -0.15) is 23.4 Å². The highest BCUT2D eigenvalue weighted by Gasteiger charge is 2.46. The van der Waals surface area contributed by atoms with Crippen molar-refractivity contribution in [2.45, 2.75) is 70.1 Å². The number of rotatable bonds is 2. The van der Waals surface area contributed by atoms with E-state index >= 15 is 0 Å². The second-order valence-corrected chi connectivity index (χ2v) is 9.76. The maximum absolute atomic E-state index is 13.5. The number of anilines is 1. The van der Waals surface area contributed by atoms with Crippen LogP contribution in [0.1, 0.15) is 74.4 Å². The van der Waals surface area contributed by atoms with Crippen LogP contribution in [-0.2, 0) is 12.5 Å². The first-order valence-electron chi connectivity index (χ1n) is 10.6. The molecule has 0 radical (unpaired) electrons. The number of hydrogen-bond acceptors (Lipinski definition) is 4. The summed E-state index contributed by atoms with van der Waals surface area (Å²) in [5, 5.41) is 11.9. The lowest BCUT2D eigenvalue weighted by Gasteiger charge is -2.31. The molecule has 1 fully saturated rings. The third-order valence-electron chi connectivity index (χ3n) is 6.16. The first-order chi connectivity index (χ1) is 14.3. The van der Waals surface area contributed by atoms with Gasteiger partial charge in [0, 0.05) is 43.6 Å². The molecule has 2 aromatic rings. The topological polar surface area (TPSA) is 68.0 Å². The van der Waals surface area contributed by atoms with E-state index in [1.54, 1.807) is 29.6 Å². The number of carbonyl (C=O) groups is 1. The number of fused-ring (bicyclic) bond motifs is 1. The van der Waals surface area contributed by atoms with E-state index in [1.165, 1.54) is 0 Å². The van der Waals surface area contributed by atoms with E-state index < -0.39 is 12.2 Å². The van der Waals surface area contributed by atoms with Crippen LogP contribution in [0.15, 0.2) is 12.1 Å². The molecule has 1 amide bonds. The summed E-state index contributed by atoms with van der Waals surface area (Å²) in [4.78, 5) is 14.8. The van der Waals surface area contributed by atoms with E-state index in [9.17, 15) is 18.0 Å². The molecule has 3 atom stereocenters. The molecule has 1 saturated heterocycles. The van der Waals surface area contributed by atoms with Gasteiger partial charge in [0.05, 0.1) is 11.4 Å². The molecule has 0 aromatic carbocycles. The van der Waals surface area contributed by atoms with Crippen molar-refractivity contribution in [3.05, 3.63) is 29.2 Å². The molecule has 10 heteroatoms. The standard InChI is InChI=1S/C21H29F3N6O/c1-12-8-17(21(22,23)24)30-18(25-12)9-14(26-30)13-6-7-29(11-13)19(31)15-10-16(20(2,3)4)27-28(15)5/h9-10,12-13,17,25H,6-8,11H2,1-5H3/t12-,13-,17-/m1/s1. The van der Waals surface area contributed by atoms with Crippen LogP contribution >= 0.6 is 0 Å². The molecular formula is C21H29F3N6O. The zero-order valence-electron chi connectivity index (χ0n) is 18.5. The van der Waals surface area contributed by atoms with Gasteiger partial charge in [-0.25, -0.2) is 4.68 Å². The number of alkyl halides is 3. The molecule has 7 nitrogen and oxygen atoms in total. The Balaban J connectivity index is 1.53. The fourth-order valence-electron chi connectivity index (χ4n) is 4.36. The number of aromatic nitrogens is 4. The number of likely N-dealkylation sites (tertiary alicyclic amines) is 1. The van der Waals surface area contributed by atoms with Crippen LogP contribution < -0.4 is 5.32 Å². The Morgan fingerprint density at radius 1 is 1.19 bits per heavy atom. The van der Waals surface area contributed by atoms with Crippen LogP contribution in [0, 0.1) is 0 Å². The Morgan fingerprint density at radius 3 is 2.52 bits per heavy atom. The lowest BCUT2D eigenvalue weighted by molar-refractivity contribution is -0.173. The van der Waals surface area contributed by atoms with E-state index in [-0.39, 0.29) is 29.7 Å². The fourth-order valence-corrected chi connectivity index (χ4v) is 4.36. The van der Waals surface area contributed by atoms with Crippen LogP contribution in [0.5, 0.6) is 0 Å². The number of nitrogens with one attached hydrogen (secondary N) is 1. The molecule has 0 aliphatic carbocycles. The van der Waals surface area contributed by atoms with Gasteiger partial charge in [0.2, 0.25) is 0 Å². The van der Waals surface area contributed by atoms with Gasteiger partial charge < -0.3 is 10.2 Å². The predicted octanol–water partition coefficient (Wildman–Crippen LogP) is 3.85. The van der Waals surface area contributed by atoms with Gasteiger partial charge >= 0.3 is 6.18 Å². The number of halogens is 3. The van der Waals surface area contributed by atoms with Crippen molar-refractivity contribution in [2.75, 3.05) is 18.4 Å². The second-order valence-electron chi connectivity index (χ2n) is 9.76. The highest BCUT2D eigenvalue weighted by atomic mass is 19.4. The maximum Gasteiger partial charge on any atom is 0.410 e. The van der Waals surface area contributed by atoms with Gasteiger partial charge in [-0.05, 0) is 25.8 Å². The van der Waals surface area contributed by atoms with Crippen LogP contribution in [0.25, 0.3) is 0 Å². The maximum atomic E-state index is 13.5. The average molecular weight is 438 g/mol. The summed E-state index contributed by atoms with van der Waals surface area (Å²) in [5.74, 6) is 0.183. The van der Waals surface area contributed by atoms with Crippen LogP contribution in [0.3, 0.4) is 0 Å². The summed E-state index contributed by atoms with van der Waals surface area (Å²) in [6, 6.07) is 1.61. The minimum absolute atomic E-state index is 0.0521. The van der Waals surface area contributed by atoms with E-state index in [4.69, 9.17) is 0 Å². The van der Waals surface area contributed by atoms with E-state index in [0.29, 0.717) is 36.7 Å². The average Bonchev–Trinajstić information content (AvgIpc) is 3.36. The molecule has 2 aliphatic rings. The Morgan fingerprint density at radius 2 is 1.90 bits per heavy atom. The predicted molar refractivity (Wildman–Crippen MR) is 110 cm³/mol. The first kappa shape index (κ1) is 21.7. The molecule has 4 rings (SSSR count). The van der Waals surface area contributed by atoms with Crippen molar-refractivity contribution in [1.82, 2.24) is 24.5 Å². The van der Waals surface area contributed by atoms with Gasteiger partial charge in [-0.1, -0.05) is 20.8 Å². The van der Waals surface area contributed by atoms with Gasteiger partial charge in [0.15, 0.2) is 6.04 Å². The molecule has 0 saturated carbocycles. The Bertz CT molecular complexity index is 986. The Kier molecular flexibility index (Phi) is 5.09. The monoisotopic (exact) mass is 438 g/mol. The van der Waals surface area contributed by atoms with Crippen LogP contribution in [-0.4, -0.2) is 55.7 Å². The van der Waals surface area contributed by atoms with E-state index in [1.807, 2.05) is 26.8 Å². The van der Waals surface area contributed by atoms with Gasteiger partial charge in [-0.15, -0.1) is 0 Å². The SMILES string of the molecule is C[C@@H]1C[C@H](C(F)(F)F)n2nc([C@@H]3CCN(C(=O)c4cc(C(C)(C)C)nn4C)C3)cc2N1. The smallest absolute Gasteiger partial charge is 0.368 e. The van der Waals surface area contributed by atoms with Crippen molar-refractivity contribution in [3.8, 4) is 0 Å². The van der Waals surface area contributed by atoms with Gasteiger partial charge in [0.1, 0.15) is 11.5 Å². The number of aryl methyl sites for hydroxylation is 1. The Labute approximate surface area is 179 Å². The summed E-state index contributed by atoms with van der Waals surface area (Å²) in [6.07, 6.45) is -3.74. The van der Waals surface area contributed by atoms with E-state index in [2.05, 4.69) is 15.5 Å². The van der Waals surface area contributed by atoms with Crippen LogP contribution in [0.2, 0.25) is 0 Å². The highest BCUT2D eigenvalue weighted by Crippen LogP contribution is 2.41. The summed E-state index contributed by atoms with van der Waals surface area (Å²) in [6.45, 7) is 8.83. The quantitative estimate of drug-likeness (QED) is 0.774. The minimum Gasteiger partial charge on any atom is -0.368 e. The van der Waals surface area contributed by atoms with Gasteiger partial charge in [-0.3, -0.25) is 9.48 Å². The molecule has 0 unspecified atom stereocenters. The lowest BCUT2D eigenvalue weighted by Crippen LogP contribution is -2.37. The summed E-state index contributed by atoms with van der Waals surface area (Å²) < 4.78 is 43.2. The minimum atomic E-state index is -4.35. The van der Waals surface area contributed by atoms with E-state index in [0.717, 1.165) is 10.4 Å². The van der Waals surface area contributed by atoms with Crippen molar-refractivity contribution < 1.29 is 18.0 Å². The zero-order valence-corrected chi connectivity index (χ0v) is 18.5. The molecule has 0 bridgehead atoms. The van der Waals surface area contributed by atoms with Crippen molar-refractivity contribution in [2.24, 2.45) is 7.05 Å². The first-order valence-corrected chi connectivity index (χ1v) is 10.6. The number of amides is 1. The number of carbonyl (C=O) groups excluding carboxylic acids is 1. The number of nitrogens with zero attached hydrogens (tertiary/aromatic N) is 5. The highest BCUT2D eigenvalue weighted by molar-refractivity contribution is 5.93. The number of hydrogen-bond donors (Lipinski definition) is 1. The third-order valence-corrected chi connectivity index (χ3v) is 6.16.